The van der Waals surface area contributed by atoms with Crippen LogP contribution in [0.5, 0.6) is 0 Å². The summed E-state index contributed by atoms with van der Waals surface area (Å²) in [4.78, 5) is 1.43. The molecule has 0 spiro atoms. The summed E-state index contributed by atoms with van der Waals surface area (Å²) in [5.41, 5.74) is 1.45. The molecule has 0 saturated heterocycles. The maximum atomic E-state index is 9.21. The molecule has 3 heteroatoms. The minimum absolute atomic E-state index is 0.270. The average Bonchev–Trinajstić information content (AvgIpc) is 2.80. The van der Waals surface area contributed by atoms with Gasteiger partial charge in [-0.1, -0.05) is 30.4 Å². The van der Waals surface area contributed by atoms with Crippen molar-refractivity contribution in [1.82, 2.24) is 5.32 Å². The molecule has 1 aromatic rings. The van der Waals surface area contributed by atoms with Crippen LogP contribution in [0, 0.1) is 5.92 Å². The van der Waals surface area contributed by atoms with Gasteiger partial charge in [0.25, 0.3) is 0 Å². The zero-order valence-electron chi connectivity index (χ0n) is 11.1. The van der Waals surface area contributed by atoms with E-state index in [2.05, 4.69) is 41.7 Å². The fourth-order valence-corrected chi connectivity index (χ4v) is 4.07. The van der Waals surface area contributed by atoms with Gasteiger partial charge in [0, 0.05) is 29.5 Å². The van der Waals surface area contributed by atoms with Gasteiger partial charge in [-0.15, -0.1) is 11.8 Å². The first kappa shape index (κ1) is 13.2. The Morgan fingerprint density at radius 2 is 2.16 bits per heavy atom. The van der Waals surface area contributed by atoms with Crippen molar-refractivity contribution in [2.24, 2.45) is 5.92 Å². The van der Waals surface area contributed by atoms with Gasteiger partial charge in [-0.2, -0.15) is 0 Å². The Balaban J connectivity index is 1.73. The molecule has 0 fully saturated rings. The SMILES string of the molecule is OC[C@H]1C=C[C@@H](N[C@@H]2CCCSc3ccccc32)C1. The molecule has 1 aliphatic heterocycles. The molecule has 0 radical (unpaired) electrons. The van der Waals surface area contributed by atoms with Crippen molar-refractivity contribution in [3.8, 4) is 0 Å². The van der Waals surface area contributed by atoms with E-state index in [0.717, 1.165) is 6.42 Å². The van der Waals surface area contributed by atoms with E-state index in [9.17, 15) is 5.11 Å². The molecule has 1 aromatic carbocycles. The van der Waals surface area contributed by atoms with Crippen LogP contribution >= 0.6 is 11.8 Å². The molecular formula is C16H21NOS. The van der Waals surface area contributed by atoms with Crippen molar-refractivity contribution in [3.05, 3.63) is 42.0 Å². The normalized spacial score (nSPS) is 30.1. The molecule has 0 aromatic heterocycles. The van der Waals surface area contributed by atoms with Gasteiger partial charge in [0.05, 0.1) is 0 Å². The first-order valence-electron chi connectivity index (χ1n) is 7.14. The smallest absolute Gasteiger partial charge is 0.0494 e. The molecular weight excluding hydrogens is 254 g/mol. The Bertz CT molecular complexity index is 460. The molecule has 0 amide bonds. The minimum Gasteiger partial charge on any atom is -0.396 e. The number of nitrogens with one attached hydrogen (secondary N) is 1. The lowest BCUT2D eigenvalue weighted by Crippen LogP contribution is -2.31. The van der Waals surface area contributed by atoms with E-state index in [1.54, 1.807) is 0 Å². The third-order valence-electron chi connectivity index (χ3n) is 4.01. The highest BCUT2D eigenvalue weighted by Crippen LogP contribution is 2.35. The summed E-state index contributed by atoms with van der Waals surface area (Å²) in [6.07, 6.45) is 7.87. The number of fused-ring (bicyclic) bond motifs is 1. The van der Waals surface area contributed by atoms with Crippen LogP contribution in [0.1, 0.15) is 30.9 Å². The maximum Gasteiger partial charge on any atom is 0.0494 e. The van der Waals surface area contributed by atoms with Crippen LogP contribution in [0.25, 0.3) is 0 Å². The van der Waals surface area contributed by atoms with Crippen molar-refractivity contribution in [1.29, 1.82) is 0 Å². The van der Waals surface area contributed by atoms with Crippen molar-refractivity contribution < 1.29 is 5.11 Å². The fraction of sp³-hybridized carbons (Fsp3) is 0.500. The number of rotatable bonds is 3. The first-order valence-corrected chi connectivity index (χ1v) is 8.12. The van der Waals surface area contributed by atoms with Gasteiger partial charge >= 0.3 is 0 Å². The second-order valence-corrected chi connectivity index (χ2v) is 6.55. The molecule has 0 bridgehead atoms. The van der Waals surface area contributed by atoms with E-state index in [4.69, 9.17) is 0 Å². The van der Waals surface area contributed by atoms with Gasteiger partial charge in [0.15, 0.2) is 0 Å². The van der Waals surface area contributed by atoms with Crippen LogP contribution in [0.15, 0.2) is 41.3 Å². The minimum atomic E-state index is 0.270. The molecule has 1 heterocycles. The van der Waals surface area contributed by atoms with Crippen LogP contribution in [0.3, 0.4) is 0 Å². The predicted octanol–water partition coefficient (Wildman–Crippen LogP) is 3.14. The van der Waals surface area contributed by atoms with Gasteiger partial charge in [0.2, 0.25) is 0 Å². The number of aliphatic hydroxyl groups excluding tert-OH is 1. The Morgan fingerprint density at radius 1 is 1.26 bits per heavy atom. The van der Waals surface area contributed by atoms with Gasteiger partial charge in [-0.25, -0.2) is 0 Å². The molecule has 0 unspecified atom stereocenters. The molecule has 3 rings (SSSR count). The van der Waals surface area contributed by atoms with Crippen LogP contribution < -0.4 is 5.32 Å². The number of hydrogen-bond donors (Lipinski definition) is 2. The highest BCUT2D eigenvalue weighted by Gasteiger charge is 2.24. The summed E-state index contributed by atoms with van der Waals surface area (Å²) in [5, 5.41) is 13.0. The number of hydrogen-bond acceptors (Lipinski definition) is 3. The van der Waals surface area contributed by atoms with Crippen LogP contribution in [0.2, 0.25) is 0 Å². The van der Waals surface area contributed by atoms with Gasteiger partial charge in [-0.3, -0.25) is 0 Å². The molecule has 1 aliphatic carbocycles. The van der Waals surface area contributed by atoms with Crippen molar-refractivity contribution in [2.45, 2.75) is 36.2 Å². The zero-order chi connectivity index (χ0) is 13.1. The highest BCUT2D eigenvalue weighted by molar-refractivity contribution is 7.99. The molecule has 2 aliphatic rings. The molecule has 19 heavy (non-hydrogen) atoms. The monoisotopic (exact) mass is 275 g/mol. The Morgan fingerprint density at radius 3 is 3.00 bits per heavy atom. The maximum absolute atomic E-state index is 9.21. The molecule has 3 atom stereocenters. The molecule has 2 nitrogen and oxygen atoms in total. The topological polar surface area (TPSA) is 32.3 Å². The third kappa shape index (κ3) is 3.04. The first-order chi connectivity index (χ1) is 9.36. The summed E-state index contributed by atoms with van der Waals surface area (Å²) >= 11 is 1.98. The van der Waals surface area contributed by atoms with E-state index >= 15 is 0 Å². The van der Waals surface area contributed by atoms with E-state index in [1.807, 2.05) is 11.8 Å². The van der Waals surface area contributed by atoms with Crippen LogP contribution in [0.4, 0.5) is 0 Å². The standard InChI is InChI=1S/C16H21NOS/c18-11-12-7-8-13(10-12)17-15-5-3-9-19-16-6-2-1-4-14(15)16/h1-2,4,6-8,12-13,15,17-18H,3,5,9-11H2/t12-,13+,15+/m0/s1. The molecule has 102 valence electrons. The van der Waals surface area contributed by atoms with E-state index in [0.29, 0.717) is 18.0 Å². The lowest BCUT2D eigenvalue weighted by molar-refractivity contribution is 0.244. The van der Waals surface area contributed by atoms with Gasteiger partial charge in [0.1, 0.15) is 0 Å². The van der Waals surface area contributed by atoms with Gasteiger partial charge in [-0.05, 0) is 36.6 Å². The van der Waals surface area contributed by atoms with Crippen LogP contribution in [-0.4, -0.2) is 23.5 Å². The summed E-state index contributed by atoms with van der Waals surface area (Å²) in [6.45, 7) is 0.270. The molecule has 0 saturated carbocycles. The average molecular weight is 275 g/mol. The number of thioether (sulfide) groups is 1. The van der Waals surface area contributed by atoms with E-state index < -0.39 is 0 Å². The quantitative estimate of drug-likeness (QED) is 0.831. The lowest BCUT2D eigenvalue weighted by Gasteiger charge is -2.23. The fourth-order valence-electron chi connectivity index (χ4n) is 2.99. The zero-order valence-corrected chi connectivity index (χ0v) is 11.9. The Hall–Kier alpha value is -0.770. The highest BCUT2D eigenvalue weighted by atomic mass is 32.2. The third-order valence-corrected chi connectivity index (χ3v) is 5.19. The summed E-state index contributed by atoms with van der Waals surface area (Å²) in [6, 6.07) is 9.64. The predicted molar refractivity (Wildman–Crippen MR) is 80.4 cm³/mol. The van der Waals surface area contributed by atoms with Crippen molar-refractivity contribution >= 4 is 11.8 Å². The van der Waals surface area contributed by atoms with Gasteiger partial charge < -0.3 is 10.4 Å². The summed E-state index contributed by atoms with van der Waals surface area (Å²) < 4.78 is 0. The number of aliphatic hydroxyl groups is 1. The van der Waals surface area contributed by atoms with E-state index in [1.165, 1.54) is 29.1 Å². The Labute approximate surface area is 119 Å². The summed E-state index contributed by atoms with van der Waals surface area (Å²) in [7, 11) is 0. The van der Waals surface area contributed by atoms with E-state index in [-0.39, 0.29) is 6.61 Å². The lowest BCUT2D eigenvalue weighted by atomic mass is 10.0. The second kappa shape index (κ2) is 6.12. The largest absolute Gasteiger partial charge is 0.396 e. The second-order valence-electron chi connectivity index (χ2n) is 5.42. The van der Waals surface area contributed by atoms with Crippen molar-refractivity contribution in [3.63, 3.8) is 0 Å². The Kier molecular flexibility index (Phi) is 4.26. The summed E-state index contributed by atoms with van der Waals surface area (Å²) in [5.74, 6) is 1.56. The van der Waals surface area contributed by atoms with Crippen LogP contribution in [-0.2, 0) is 0 Å². The number of benzene rings is 1. The molecule has 2 N–H and O–H groups in total. The van der Waals surface area contributed by atoms with Crippen molar-refractivity contribution in [2.75, 3.05) is 12.4 Å².